The van der Waals surface area contributed by atoms with Crippen LogP contribution in [0.5, 0.6) is 0 Å². The Labute approximate surface area is 268 Å². The van der Waals surface area contributed by atoms with Gasteiger partial charge in [0.1, 0.15) is 22.3 Å². The molecule has 3 heterocycles. The van der Waals surface area contributed by atoms with Crippen LogP contribution in [0.4, 0.5) is 17.1 Å². The summed E-state index contributed by atoms with van der Waals surface area (Å²) in [5.74, 6) is 0. The molecule has 3 aromatic heterocycles. The third-order valence-corrected chi connectivity index (χ3v) is 10.3. The highest BCUT2D eigenvalue weighted by atomic mass is 32.1. The Bertz CT molecular complexity index is 2750. The molecule has 0 saturated carbocycles. The van der Waals surface area contributed by atoms with Crippen molar-refractivity contribution in [3.63, 3.8) is 0 Å². The van der Waals surface area contributed by atoms with Gasteiger partial charge in [0.2, 0.25) is 0 Å². The van der Waals surface area contributed by atoms with E-state index < -0.39 is 0 Å². The number of hydrogen-bond acceptors (Lipinski definition) is 4. The van der Waals surface area contributed by atoms with Crippen molar-refractivity contribution in [1.82, 2.24) is 0 Å². The zero-order chi connectivity index (χ0) is 30.2. The molecule has 0 atom stereocenters. The highest BCUT2D eigenvalue weighted by Gasteiger charge is 2.25. The number of para-hydroxylation sites is 2. The zero-order valence-corrected chi connectivity index (χ0v) is 25.4. The molecule has 0 fully saturated rings. The average Bonchev–Trinajstić information content (AvgIpc) is 3.81. The van der Waals surface area contributed by atoms with Gasteiger partial charge in [0.15, 0.2) is 0 Å². The Morgan fingerprint density at radius 2 is 1.09 bits per heavy atom. The van der Waals surface area contributed by atoms with E-state index in [1.54, 1.807) is 0 Å². The number of rotatable bonds is 4. The maximum absolute atomic E-state index is 6.63. The number of hydrogen-bond donors (Lipinski definition) is 0. The molecule has 216 valence electrons. The standard InChI is InChI=1S/C42H25NO2S/c1-2-11-26(12-3-1)27-21-23-28(24-22-27)43(33-16-10-19-37-39(33)30-14-5-8-18-36(30)44-37)34-25-32-29-13-4-7-17-35(29)45-41(32)40-31-15-6-9-20-38(31)46-42(34)40/h1-25H. The number of thiophene rings is 1. The van der Waals surface area contributed by atoms with Crippen molar-refractivity contribution >= 4 is 92.4 Å². The second kappa shape index (κ2) is 9.83. The molecule has 0 radical (unpaired) electrons. The summed E-state index contributed by atoms with van der Waals surface area (Å²) in [5.41, 5.74) is 9.21. The molecule has 0 bridgehead atoms. The Morgan fingerprint density at radius 1 is 0.435 bits per heavy atom. The van der Waals surface area contributed by atoms with Crippen molar-refractivity contribution < 1.29 is 8.83 Å². The van der Waals surface area contributed by atoms with E-state index in [1.165, 1.54) is 25.9 Å². The first kappa shape index (κ1) is 25.5. The minimum atomic E-state index is 0.868. The molecule has 0 aliphatic rings. The van der Waals surface area contributed by atoms with Gasteiger partial charge in [0, 0.05) is 37.3 Å². The van der Waals surface area contributed by atoms with Gasteiger partial charge in [-0.2, -0.15) is 0 Å². The van der Waals surface area contributed by atoms with Crippen LogP contribution in [0, 0.1) is 0 Å². The Balaban J connectivity index is 1.34. The van der Waals surface area contributed by atoms with Gasteiger partial charge in [-0.1, -0.05) is 103 Å². The molecule has 0 unspecified atom stereocenters. The number of fused-ring (bicyclic) bond motifs is 10. The van der Waals surface area contributed by atoms with E-state index in [0.717, 1.165) is 66.3 Å². The second-order valence-corrected chi connectivity index (χ2v) is 12.7. The zero-order valence-electron chi connectivity index (χ0n) is 24.6. The summed E-state index contributed by atoms with van der Waals surface area (Å²) in [6.45, 7) is 0. The third kappa shape index (κ3) is 3.71. The second-order valence-electron chi connectivity index (χ2n) is 11.7. The van der Waals surface area contributed by atoms with Gasteiger partial charge in [-0.05, 0) is 59.7 Å². The number of anilines is 3. The van der Waals surface area contributed by atoms with Gasteiger partial charge in [-0.25, -0.2) is 0 Å². The fraction of sp³-hybridized carbons (Fsp3) is 0. The molecule has 0 aliphatic carbocycles. The Kier molecular flexibility index (Phi) is 5.45. The van der Waals surface area contributed by atoms with Gasteiger partial charge in [-0.3, -0.25) is 0 Å². The van der Waals surface area contributed by atoms with E-state index in [9.17, 15) is 0 Å². The quantitative estimate of drug-likeness (QED) is 0.199. The topological polar surface area (TPSA) is 29.5 Å². The predicted octanol–water partition coefficient (Wildman–Crippen LogP) is 13.0. The molecule has 7 aromatic carbocycles. The van der Waals surface area contributed by atoms with Crippen molar-refractivity contribution in [2.75, 3.05) is 4.90 Å². The first-order chi connectivity index (χ1) is 22.8. The molecule has 0 aliphatic heterocycles. The van der Waals surface area contributed by atoms with E-state index in [0.29, 0.717) is 0 Å². The fourth-order valence-electron chi connectivity index (χ4n) is 7.00. The van der Waals surface area contributed by atoms with Crippen LogP contribution in [0.2, 0.25) is 0 Å². The van der Waals surface area contributed by atoms with Crippen LogP contribution >= 0.6 is 11.3 Å². The van der Waals surface area contributed by atoms with Crippen molar-refractivity contribution in [3.05, 3.63) is 152 Å². The summed E-state index contributed by atoms with van der Waals surface area (Å²) in [6.07, 6.45) is 0. The van der Waals surface area contributed by atoms with Crippen molar-refractivity contribution in [2.45, 2.75) is 0 Å². The van der Waals surface area contributed by atoms with Crippen molar-refractivity contribution in [3.8, 4) is 11.1 Å². The van der Waals surface area contributed by atoms with Crippen LogP contribution in [0.1, 0.15) is 0 Å². The SMILES string of the molecule is c1ccc(-c2ccc(N(c3cc4c5ccccc5oc4c4c3sc3ccccc34)c3cccc4oc5ccccc5c34)cc2)cc1. The molecular formula is C42H25NO2S. The molecule has 10 rings (SSSR count). The Morgan fingerprint density at radius 3 is 1.91 bits per heavy atom. The maximum atomic E-state index is 6.63. The molecule has 46 heavy (non-hydrogen) atoms. The van der Waals surface area contributed by atoms with E-state index >= 15 is 0 Å². The summed E-state index contributed by atoms with van der Waals surface area (Å²) in [7, 11) is 0. The monoisotopic (exact) mass is 607 g/mol. The van der Waals surface area contributed by atoms with Gasteiger partial charge in [0.25, 0.3) is 0 Å². The predicted molar refractivity (Wildman–Crippen MR) is 194 cm³/mol. The highest BCUT2D eigenvalue weighted by Crippen LogP contribution is 2.51. The average molecular weight is 608 g/mol. The largest absolute Gasteiger partial charge is 0.456 e. The fourth-order valence-corrected chi connectivity index (χ4v) is 8.20. The van der Waals surface area contributed by atoms with E-state index in [-0.39, 0.29) is 0 Å². The van der Waals surface area contributed by atoms with Gasteiger partial charge in [0.05, 0.1) is 21.5 Å². The maximum Gasteiger partial charge on any atom is 0.144 e. The number of benzene rings is 7. The number of furan rings is 2. The first-order valence-electron chi connectivity index (χ1n) is 15.4. The van der Waals surface area contributed by atoms with E-state index in [2.05, 4.69) is 138 Å². The number of nitrogens with zero attached hydrogens (tertiary/aromatic N) is 1. The first-order valence-corrected chi connectivity index (χ1v) is 16.2. The van der Waals surface area contributed by atoms with Crippen LogP contribution in [0.3, 0.4) is 0 Å². The van der Waals surface area contributed by atoms with Gasteiger partial charge < -0.3 is 13.7 Å². The van der Waals surface area contributed by atoms with Crippen molar-refractivity contribution in [1.29, 1.82) is 0 Å². The molecule has 10 aromatic rings. The molecule has 4 heteroatoms. The summed E-state index contributed by atoms with van der Waals surface area (Å²) < 4.78 is 15.5. The lowest BCUT2D eigenvalue weighted by atomic mass is 10.0. The third-order valence-electron chi connectivity index (χ3n) is 9.07. The minimum Gasteiger partial charge on any atom is -0.456 e. The lowest BCUT2D eigenvalue weighted by molar-refractivity contribution is 0.669. The van der Waals surface area contributed by atoms with E-state index in [1.807, 2.05) is 29.5 Å². The lowest BCUT2D eigenvalue weighted by Gasteiger charge is -2.27. The van der Waals surface area contributed by atoms with Crippen LogP contribution in [0.25, 0.3) is 75.2 Å². The highest BCUT2D eigenvalue weighted by molar-refractivity contribution is 7.26. The minimum absolute atomic E-state index is 0.868. The molecule has 0 amide bonds. The summed E-state index contributed by atoms with van der Waals surface area (Å²) in [4.78, 5) is 2.41. The van der Waals surface area contributed by atoms with Crippen molar-refractivity contribution in [2.24, 2.45) is 0 Å². The van der Waals surface area contributed by atoms with Gasteiger partial charge in [-0.15, -0.1) is 11.3 Å². The van der Waals surface area contributed by atoms with Crippen LogP contribution in [-0.4, -0.2) is 0 Å². The molecule has 0 spiro atoms. The molecule has 3 nitrogen and oxygen atoms in total. The van der Waals surface area contributed by atoms with Crippen LogP contribution in [0.15, 0.2) is 160 Å². The molecular weight excluding hydrogens is 583 g/mol. The summed E-state index contributed by atoms with van der Waals surface area (Å²) in [5, 5.41) is 6.77. The summed E-state index contributed by atoms with van der Waals surface area (Å²) >= 11 is 1.82. The smallest absolute Gasteiger partial charge is 0.144 e. The normalized spacial score (nSPS) is 11.9. The van der Waals surface area contributed by atoms with Crippen LogP contribution < -0.4 is 4.90 Å². The van der Waals surface area contributed by atoms with Gasteiger partial charge >= 0.3 is 0 Å². The van der Waals surface area contributed by atoms with E-state index in [4.69, 9.17) is 8.83 Å². The van der Waals surface area contributed by atoms with Crippen LogP contribution in [-0.2, 0) is 0 Å². The molecule has 0 N–H and O–H groups in total. The lowest BCUT2D eigenvalue weighted by Crippen LogP contribution is -2.10. The Hall–Kier alpha value is -5.84. The summed E-state index contributed by atoms with van der Waals surface area (Å²) in [6, 6.07) is 53.5. The molecule has 0 saturated heterocycles.